The van der Waals surface area contributed by atoms with Crippen LogP contribution in [0, 0.1) is 5.82 Å². The Morgan fingerprint density at radius 3 is 2.63 bits per heavy atom. The van der Waals surface area contributed by atoms with Crippen LogP contribution in [0.15, 0.2) is 46.9 Å². The molecule has 0 aliphatic heterocycles. The van der Waals surface area contributed by atoms with E-state index in [4.69, 9.17) is 17.3 Å². The number of rotatable bonds is 3. The predicted molar refractivity (Wildman–Crippen MR) is 80.8 cm³/mol. The zero-order chi connectivity index (χ0) is 14.0. The van der Waals surface area contributed by atoms with E-state index in [-0.39, 0.29) is 5.82 Å². The Bertz CT molecular complexity index is 578. The van der Waals surface area contributed by atoms with Crippen molar-refractivity contribution in [2.45, 2.75) is 18.9 Å². The quantitative estimate of drug-likeness (QED) is 0.862. The summed E-state index contributed by atoms with van der Waals surface area (Å²) in [6.07, 6.45) is 0.531. The van der Waals surface area contributed by atoms with Crippen molar-refractivity contribution in [2.24, 2.45) is 5.73 Å². The molecule has 0 aliphatic carbocycles. The van der Waals surface area contributed by atoms with Crippen LogP contribution in [-0.2, 0) is 12.0 Å². The maximum atomic E-state index is 13.4. The van der Waals surface area contributed by atoms with E-state index in [1.165, 1.54) is 12.1 Å². The molecule has 0 aliphatic rings. The smallest absolute Gasteiger partial charge is 0.124 e. The topological polar surface area (TPSA) is 26.0 Å². The number of hydrogen-bond donors (Lipinski definition) is 1. The molecule has 0 spiro atoms. The fourth-order valence-electron chi connectivity index (χ4n) is 2.08. The summed E-state index contributed by atoms with van der Waals surface area (Å²) in [6.45, 7) is 1.91. The molecule has 2 aromatic rings. The molecule has 0 heterocycles. The van der Waals surface area contributed by atoms with Gasteiger partial charge in [-0.05, 0) is 54.8 Å². The van der Waals surface area contributed by atoms with E-state index in [9.17, 15) is 4.39 Å². The Hall–Kier alpha value is -0.900. The number of hydrogen-bond acceptors (Lipinski definition) is 1. The molecule has 0 saturated carbocycles. The lowest BCUT2D eigenvalue weighted by atomic mass is 9.86. The van der Waals surface area contributed by atoms with Crippen molar-refractivity contribution in [3.63, 3.8) is 0 Å². The predicted octanol–water partition coefficient (Wildman–Crippen LogP) is 4.66. The minimum atomic E-state index is -0.599. The van der Waals surface area contributed by atoms with Crippen molar-refractivity contribution < 1.29 is 4.39 Å². The molecule has 100 valence electrons. The monoisotopic (exact) mass is 341 g/mol. The van der Waals surface area contributed by atoms with E-state index in [2.05, 4.69) is 15.9 Å². The van der Waals surface area contributed by atoms with E-state index in [0.29, 0.717) is 15.9 Å². The van der Waals surface area contributed by atoms with E-state index >= 15 is 0 Å². The Kier molecular flexibility index (Phi) is 4.29. The molecule has 4 heteroatoms. The van der Waals surface area contributed by atoms with Crippen LogP contribution in [0.4, 0.5) is 4.39 Å². The van der Waals surface area contributed by atoms with Gasteiger partial charge in [-0.15, -0.1) is 0 Å². The van der Waals surface area contributed by atoms with Crippen molar-refractivity contribution in [2.75, 3.05) is 0 Å². The number of nitrogens with two attached hydrogens (primary N) is 1. The van der Waals surface area contributed by atoms with Crippen LogP contribution in [0.25, 0.3) is 0 Å². The number of halogens is 3. The number of benzene rings is 2. The fourth-order valence-corrected chi connectivity index (χ4v) is 2.79. The molecule has 0 amide bonds. The Labute approximate surface area is 125 Å². The van der Waals surface area contributed by atoms with Gasteiger partial charge in [-0.3, -0.25) is 0 Å². The molecule has 0 aromatic heterocycles. The van der Waals surface area contributed by atoms with Crippen molar-refractivity contribution >= 4 is 27.5 Å². The molecule has 0 bridgehead atoms. The normalized spacial score (nSPS) is 14.2. The summed E-state index contributed by atoms with van der Waals surface area (Å²) in [4.78, 5) is 0. The molecule has 2 rings (SSSR count). The maximum Gasteiger partial charge on any atom is 0.124 e. The van der Waals surface area contributed by atoms with Crippen LogP contribution >= 0.6 is 27.5 Å². The van der Waals surface area contributed by atoms with E-state index < -0.39 is 5.54 Å². The Morgan fingerprint density at radius 2 is 2.00 bits per heavy atom. The van der Waals surface area contributed by atoms with Crippen molar-refractivity contribution in [3.05, 3.63) is 68.9 Å². The second-order valence-corrected chi connectivity index (χ2v) is 6.23. The average molecular weight is 343 g/mol. The third-order valence-corrected chi connectivity index (χ3v) is 3.67. The molecule has 2 aromatic carbocycles. The minimum Gasteiger partial charge on any atom is -0.321 e. The first-order valence-corrected chi connectivity index (χ1v) is 7.04. The van der Waals surface area contributed by atoms with Crippen LogP contribution in [0.5, 0.6) is 0 Å². The highest BCUT2D eigenvalue weighted by Gasteiger charge is 2.22. The maximum absolute atomic E-state index is 13.4. The highest BCUT2D eigenvalue weighted by atomic mass is 79.9. The molecule has 0 radical (unpaired) electrons. The van der Waals surface area contributed by atoms with Crippen LogP contribution in [0.1, 0.15) is 18.1 Å². The van der Waals surface area contributed by atoms with Gasteiger partial charge >= 0.3 is 0 Å². The molecule has 19 heavy (non-hydrogen) atoms. The summed E-state index contributed by atoms with van der Waals surface area (Å²) < 4.78 is 14.1. The summed E-state index contributed by atoms with van der Waals surface area (Å²) in [7, 11) is 0. The van der Waals surface area contributed by atoms with Gasteiger partial charge in [0, 0.05) is 15.0 Å². The van der Waals surface area contributed by atoms with Crippen LogP contribution in [0.2, 0.25) is 5.02 Å². The van der Waals surface area contributed by atoms with E-state index in [1.54, 1.807) is 6.07 Å². The van der Waals surface area contributed by atoms with Gasteiger partial charge in [0.05, 0.1) is 0 Å². The summed E-state index contributed by atoms with van der Waals surface area (Å²) in [5.41, 5.74) is 7.52. The Balaban J connectivity index is 2.30. The summed E-state index contributed by atoms with van der Waals surface area (Å²) in [6, 6.07) is 12.2. The van der Waals surface area contributed by atoms with Crippen molar-refractivity contribution in [1.29, 1.82) is 0 Å². The lowest BCUT2D eigenvalue weighted by Crippen LogP contribution is -2.35. The standard InChI is InChI=1S/C15H14BrClFN/c1-15(19,11-3-2-4-13(17)7-11)9-10-5-12(16)8-14(18)6-10/h2-8H,9,19H2,1H3. The first-order valence-electron chi connectivity index (χ1n) is 5.87. The zero-order valence-corrected chi connectivity index (χ0v) is 12.8. The van der Waals surface area contributed by atoms with Gasteiger partial charge in [0.15, 0.2) is 0 Å². The largest absolute Gasteiger partial charge is 0.321 e. The fraction of sp³-hybridized carbons (Fsp3) is 0.200. The van der Waals surface area contributed by atoms with Gasteiger partial charge in [0.1, 0.15) is 5.82 Å². The SMILES string of the molecule is CC(N)(Cc1cc(F)cc(Br)c1)c1cccc(Cl)c1. The Morgan fingerprint density at radius 1 is 1.26 bits per heavy atom. The first kappa shape index (κ1) is 14.5. The van der Waals surface area contributed by atoms with Gasteiger partial charge < -0.3 is 5.73 Å². The average Bonchev–Trinajstić information content (AvgIpc) is 2.26. The second kappa shape index (κ2) is 5.61. The highest BCUT2D eigenvalue weighted by molar-refractivity contribution is 9.10. The van der Waals surface area contributed by atoms with Crippen LogP contribution in [0.3, 0.4) is 0 Å². The lowest BCUT2D eigenvalue weighted by Gasteiger charge is -2.25. The third-order valence-electron chi connectivity index (χ3n) is 2.98. The first-order chi connectivity index (χ1) is 8.87. The molecule has 1 atom stereocenters. The molecule has 1 nitrogen and oxygen atoms in total. The zero-order valence-electron chi connectivity index (χ0n) is 10.5. The van der Waals surface area contributed by atoms with Gasteiger partial charge in [-0.1, -0.05) is 39.7 Å². The van der Waals surface area contributed by atoms with Gasteiger partial charge in [-0.25, -0.2) is 4.39 Å². The molecule has 0 fully saturated rings. The van der Waals surface area contributed by atoms with Crippen molar-refractivity contribution in [1.82, 2.24) is 0 Å². The molecule has 1 unspecified atom stereocenters. The lowest BCUT2D eigenvalue weighted by molar-refractivity contribution is 0.489. The molecule has 0 saturated heterocycles. The second-order valence-electron chi connectivity index (χ2n) is 4.88. The van der Waals surface area contributed by atoms with E-state index in [0.717, 1.165) is 11.1 Å². The van der Waals surface area contributed by atoms with E-state index in [1.807, 2.05) is 31.2 Å². The molecular weight excluding hydrogens is 329 g/mol. The van der Waals surface area contributed by atoms with Crippen LogP contribution < -0.4 is 5.73 Å². The molecule has 2 N–H and O–H groups in total. The minimum absolute atomic E-state index is 0.272. The van der Waals surface area contributed by atoms with Crippen molar-refractivity contribution in [3.8, 4) is 0 Å². The van der Waals surface area contributed by atoms with Gasteiger partial charge in [0.2, 0.25) is 0 Å². The third kappa shape index (κ3) is 3.78. The summed E-state index contributed by atoms with van der Waals surface area (Å²) in [5, 5.41) is 0.648. The molecular formula is C15H14BrClFN. The highest BCUT2D eigenvalue weighted by Crippen LogP contribution is 2.26. The summed E-state index contributed by atoms with van der Waals surface area (Å²) in [5.74, 6) is -0.272. The van der Waals surface area contributed by atoms with Crippen LogP contribution in [-0.4, -0.2) is 0 Å². The van der Waals surface area contributed by atoms with Gasteiger partial charge in [0.25, 0.3) is 0 Å². The van der Waals surface area contributed by atoms with Gasteiger partial charge in [-0.2, -0.15) is 0 Å². The summed E-state index contributed by atoms with van der Waals surface area (Å²) >= 11 is 9.27.